The van der Waals surface area contributed by atoms with Crippen LogP contribution in [0.15, 0.2) is 46.0 Å². The molecule has 3 aromatic rings. The predicted octanol–water partition coefficient (Wildman–Crippen LogP) is 5.09. The van der Waals surface area contributed by atoms with Gasteiger partial charge in [0.25, 0.3) is 5.22 Å². The third-order valence-electron chi connectivity index (χ3n) is 4.45. The Kier molecular flexibility index (Phi) is 5.65. The topological polar surface area (TPSA) is 68.0 Å². The van der Waals surface area contributed by atoms with Gasteiger partial charge in [0.05, 0.1) is 5.25 Å². The Morgan fingerprint density at radius 2 is 1.78 bits per heavy atom. The lowest BCUT2D eigenvalue weighted by molar-refractivity contribution is -0.115. The minimum absolute atomic E-state index is 0.0992. The number of hydrogen-bond acceptors (Lipinski definition) is 5. The molecule has 27 heavy (non-hydrogen) atoms. The molecule has 0 saturated carbocycles. The van der Waals surface area contributed by atoms with Crippen molar-refractivity contribution in [2.45, 2.75) is 45.1 Å². The third kappa shape index (κ3) is 4.57. The van der Waals surface area contributed by atoms with Crippen LogP contribution >= 0.6 is 11.8 Å². The quantitative estimate of drug-likeness (QED) is 0.624. The van der Waals surface area contributed by atoms with Gasteiger partial charge in [-0.3, -0.25) is 4.79 Å². The number of anilines is 1. The molecular weight excluding hydrogens is 358 g/mol. The van der Waals surface area contributed by atoms with Crippen LogP contribution in [0, 0.1) is 27.7 Å². The lowest BCUT2D eigenvalue weighted by Gasteiger charge is -2.12. The smallest absolute Gasteiger partial charge is 0.277 e. The lowest BCUT2D eigenvalue weighted by atomic mass is 10.1. The van der Waals surface area contributed by atoms with Crippen molar-refractivity contribution in [2.24, 2.45) is 0 Å². The largest absolute Gasteiger partial charge is 0.411 e. The van der Waals surface area contributed by atoms with Crippen LogP contribution < -0.4 is 5.32 Å². The van der Waals surface area contributed by atoms with Gasteiger partial charge in [0.1, 0.15) is 0 Å². The van der Waals surface area contributed by atoms with E-state index in [2.05, 4.69) is 22.4 Å². The first kappa shape index (κ1) is 19.2. The molecular formula is C21H23N3O2S. The molecule has 1 heterocycles. The maximum atomic E-state index is 12.5. The second-order valence-electron chi connectivity index (χ2n) is 6.74. The van der Waals surface area contributed by atoms with Gasteiger partial charge in [0.2, 0.25) is 11.8 Å². The summed E-state index contributed by atoms with van der Waals surface area (Å²) < 4.78 is 5.74. The van der Waals surface area contributed by atoms with Gasteiger partial charge in [-0.2, -0.15) is 0 Å². The number of benzene rings is 2. The molecule has 0 aliphatic heterocycles. The van der Waals surface area contributed by atoms with Crippen molar-refractivity contribution in [3.8, 4) is 11.5 Å². The van der Waals surface area contributed by atoms with E-state index in [1.165, 1.54) is 22.9 Å². The molecule has 0 aliphatic carbocycles. The molecule has 5 nitrogen and oxygen atoms in total. The molecule has 1 amide bonds. The minimum Gasteiger partial charge on any atom is -0.411 e. The van der Waals surface area contributed by atoms with Crippen LogP contribution in [0.2, 0.25) is 0 Å². The molecule has 2 aromatic carbocycles. The predicted molar refractivity (Wildman–Crippen MR) is 109 cm³/mol. The first-order valence-electron chi connectivity index (χ1n) is 8.79. The number of aryl methyl sites for hydroxylation is 4. The highest BCUT2D eigenvalue weighted by Crippen LogP contribution is 2.28. The molecule has 0 bridgehead atoms. The summed E-state index contributed by atoms with van der Waals surface area (Å²) in [5.41, 5.74) is 6.28. The number of aromatic nitrogens is 2. The Morgan fingerprint density at radius 3 is 2.48 bits per heavy atom. The second-order valence-corrected chi connectivity index (χ2v) is 8.03. The molecule has 1 atom stereocenters. The average molecular weight is 382 g/mol. The molecule has 3 rings (SSSR count). The van der Waals surface area contributed by atoms with Crippen LogP contribution in [0.25, 0.3) is 11.5 Å². The molecule has 0 spiro atoms. The lowest BCUT2D eigenvalue weighted by Crippen LogP contribution is -2.22. The fraction of sp³-hybridized carbons (Fsp3) is 0.286. The van der Waals surface area contributed by atoms with Crippen LogP contribution in [-0.2, 0) is 4.79 Å². The molecule has 0 radical (unpaired) electrons. The van der Waals surface area contributed by atoms with Crippen molar-refractivity contribution in [3.63, 3.8) is 0 Å². The van der Waals surface area contributed by atoms with E-state index in [1.807, 2.05) is 64.1 Å². The Labute approximate surface area is 163 Å². The number of nitrogens with zero attached hydrogens (tertiary/aromatic N) is 2. The zero-order chi connectivity index (χ0) is 19.6. The van der Waals surface area contributed by atoms with Crippen LogP contribution in [0.3, 0.4) is 0 Å². The van der Waals surface area contributed by atoms with E-state index in [9.17, 15) is 4.79 Å². The number of hydrogen-bond donors (Lipinski definition) is 1. The standard InChI is InChI=1S/C21H23N3O2S/c1-12-6-9-18(15(4)10-12)22-19(25)16(5)27-21-24-23-20(26-21)17-8-7-13(2)14(3)11-17/h6-11,16H,1-5H3,(H,22,25)/t16-/m0/s1. The summed E-state index contributed by atoms with van der Waals surface area (Å²) in [6.45, 7) is 9.94. The third-order valence-corrected chi connectivity index (χ3v) is 5.38. The molecule has 140 valence electrons. The van der Waals surface area contributed by atoms with E-state index in [0.29, 0.717) is 11.1 Å². The van der Waals surface area contributed by atoms with Crippen molar-refractivity contribution in [1.82, 2.24) is 10.2 Å². The van der Waals surface area contributed by atoms with Gasteiger partial charge in [-0.05, 0) is 69.5 Å². The Balaban J connectivity index is 1.67. The maximum absolute atomic E-state index is 12.5. The van der Waals surface area contributed by atoms with Crippen molar-refractivity contribution in [3.05, 3.63) is 58.7 Å². The van der Waals surface area contributed by atoms with Crippen LogP contribution in [0.1, 0.15) is 29.2 Å². The summed E-state index contributed by atoms with van der Waals surface area (Å²) in [7, 11) is 0. The molecule has 0 saturated heterocycles. The molecule has 0 fully saturated rings. The Hall–Kier alpha value is -2.60. The zero-order valence-corrected chi connectivity index (χ0v) is 17.0. The Bertz CT molecular complexity index is 981. The number of thioether (sulfide) groups is 1. The van der Waals surface area contributed by atoms with Gasteiger partial charge in [0, 0.05) is 11.3 Å². The molecule has 6 heteroatoms. The highest BCUT2D eigenvalue weighted by atomic mass is 32.2. The number of carbonyl (C=O) groups excluding carboxylic acids is 1. The number of nitrogens with one attached hydrogen (secondary N) is 1. The van der Waals surface area contributed by atoms with Gasteiger partial charge in [-0.1, -0.05) is 35.5 Å². The van der Waals surface area contributed by atoms with E-state index >= 15 is 0 Å². The SMILES string of the molecule is Cc1ccc(NC(=O)[C@H](C)Sc2nnc(-c3ccc(C)c(C)c3)o2)c(C)c1. The zero-order valence-electron chi connectivity index (χ0n) is 16.2. The van der Waals surface area contributed by atoms with E-state index in [0.717, 1.165) is 22.4 Å². The van der Waals surface area contributed by atoms with E-state index in [4.69, 9.17) is 4.42 Å². The number of amides is 1. The van der Waals surface area contributed by atoms with Gasteiger partial charge < -0.3 is 9.73 Å². The summed E-state index contributed by atoms with van der Waals surface area (Å²) >= 11 is 1.25. The fourth-order valence-electron chi connectivity index (χ4n) is 2.64. The van der Waals surface area contributed by atoms with Gasteiger partial charge in [-0.15, -0.1) is 10.2 Å². The molecule has 0 unspecified atom stereocenters. The van der Waals surface area contributed by atoms with Crippen molar-refractivity contribution >= 4 is 23.4 Å². The summed E-state index contributed by atoms with van der Waals surface area (Å²) in [4.78, 5) is 12.5. The van der Waals surface area contributed by atoms with Gasteiger partial charge in [0.15, 0.2) is 0 Å². The number of rotatable bonds is 5. The van der Waals surface area contributed by atoms with Gasteiger partial charge in [-0.25, -0.2) is 0 Å². The van der Waals surface area contributed by atoms with E-state index < -0.39 is 0 Å². The average Bonchev–Trinajstić information content (AvgIpc) is 3.08. The van der Waals surface area contributed by atoms with Crippen molar-refractivity contribution in [2.75, 3.05) is 5.32 Å². The first-order valence-corrected chi connectivity index (χ1v) is 9.67. The Morgan fingerprint density at radius 1 is 1.00 bits per heavy atom. The summed E-state index contributed by atoms with van der Waals surface area (Å²) in [6.07, 6.45) is 0. The summed E-state index contributed by atoms with van der Waals surface area (Å²) in [5.74, 6) is 0.362. The normalized spacial score (nSPS) is 12.0. The summed E-state index contributed by atoms with van der Waals surface area (Å²) in [6, 6.07) is 12.0. The molecule has 1 aromatic heterocycles. The van der Waals surface area contributed by atoms with Crippen LogP contribution in [0.4, 0.5) is 5.69 Å². The molecule has 1 N–H and O–H groups in total. The van der Waals surface area contributed by atoms with Crippen molar-refractivity contribution < 1.29 is 9.21 Å². The second kappa shape index (κ2) is 7.96. The fourth-order valence-corrected chi connectivity index (χ4v) is 3.32. The summed E-state index contributed by atoms with van der Waals surface area (Å²) in [5, 5.41) is 11.2. The van der Waals surface area contributed by atoms with Gasteiger partial charge >= 0.3 is 0 Å². The van der Waals surface area contributed by atoms with E-state index in [-0.39, 0.29) is 11.2 Å². The number of carbonyl (C=O) groups is 1. The van der Waals surface area contributed by atoms with Crippen LogP contribution in [-0.4, -0.2) is 21.4 Å². The van der Waals surface area contributed by atoms with Crippen molar-refractivity contribution in [1.29, 1.82) is 0 Å². The highest BCUT2D eigenvalue weighted by molar-refractivity contribution is 8.00. The maximum Gasteiger partial charge on any atom is 0.277 e. The van der Waals surface area contributed by atoms with Crippen LogP contribution in [0.5, 0.6) is 0 Å². The molecule has 0 aliphatic rings. The monoisotopic (exact) mass is 381 g/mol. The first-order chi connectivity index (χ1) is 12.8. The highest BCUT2D eigenvalue weighted by Gasteiger charge is 2.19. The van der Waals surface area contributed by atoms with E-state index in [1.54, 1.807) is 0 Å². The minimum atomic E-state index is -0.362.